The summed E-state index contributed by atoms with van der Waals surface area (Å²) < 4.78 is 5.74. The summed E-state index contributed by atoms with van der Waals surface area (Å²) >= 11 is 0. The Hall–Kier alpha value is -1.10. The Kier molecular flexibility index (Phi) is 27.6. The van der Waals surface area contributed by atoms with Gasteiger partial charge in [-0.05, 0) is 25.7 Å². The normalized spacial score (nSPS) is 12.0. The van der Waals surface area contributed by atoms with Gasteiger partial charge in [0.05, 0.1) is 6.42 Å². The molecule has 0 aromatic rings. The molecule has 0 aliphatic rings. The van der Waals surface area contributed by atoms with E-state index in [-0.39, 0.29) is 31.0 Å². The maximum Gasteiger partial charge on any atom is 0.306 e. The zero-order valence-corrected chi connectivity index (χ0v) is 24.1. The van der Waals surface area contributed by atoms with Crippen molar-refractivity contribution in [2.75, 3.05) is 13.2 Å². The van der Waals surface area contributed by atoms with Crippen LogP contribution < -0.4 is 5.32 Å². The second kappa shape index (κ2) is 28.5. The predicted octanol–water partition coefficient (Wildman–Crippen LogP) is 8.41. The summed E-state index contributed by atoms with van der Waals surface area (Å²) in [5, 5.41) is 11.7. The number of nitrogens with one attached hydrogen (secondary N) is 1. The Morgan fingerprint density at radius 1 is 0.639 bits per heavy atom. The molecule has 0 fully saturated rings. The Bertz CT molecular complexity index is 483. The molecular weight excluding hydrogens is 450 g/mol. The lowest BCUT2D eigenvalue weighted by Gasteiger charge is -2.18. The van der Waals surface area contributed by atoms with E-state index in [1.807, 2.05) is 0 Å². The van der Waals surface area contributed by atoms with Crippen molar-refractivity contribution < 1.29 is 19.4 Å². The van der Waals surface area contributed by atoms with E-state index in [1.54, 1.807) is 0 Å². The van der Waals surface area contributed by atoms with Crippen molar-refractivity contribution in [3.63, 3.8) is 0 Å². The molecule has 5 nitrogen and oxygen atoms in total. The third kappa shape index (κ3) is 26.0. The van der Waals surface area contributed by atoms with Crippen molar-refractivity contribution in [1.82, 2.24) is 5.32 Å². The molecule has 2 N–H and O–H groups in total. The van der Waals surface area contributed by atoms with Gasteiger partial charge >= 0.3 is 5.97 Å². The molecule has 0 aliphatic heterocycles. The molecule has 0 heterocycles. The minimum Gasteiger partial charge on any atom is -0.462 e. The van der Waals surface area contributed by atoms with Crippen LogP contribution in [0.3, 0.4) is 0 Å². The fraction of sp³-hybridized carbons (Fsp3) is 0.935. The van der Waals surface area contributed by atoms with Gasteiger partial charge in [0.2, 0.25) is 5.91 Å². The van der Waals surface area contributed by atoms with Gasteiger partial charge in [-0.3, -0.25) is 9.59 Å². The lowest BCUT2D eigenvalue weighted by molar-refractivity contribution is -0.150. The monoisotopic (exact) mass is 511 g/mol. The van der Waals surface area contributed by atoms with Crippen molar-refractivity contribution >= 4 is 11.9 Å². The SMILES string of the molecule is CCCCCCCCCCCCCC(=O)O[C@H](CCCCCCCCCCC)CC(=O)NCCCO. The van der Waals surface area contributed by atoms with Gasteiger partial charge in [-0.25, -0.2) is 0 Å². The molecule has 0 bridgehead atoms. The zero-order valence-electron chi connectivity index (χ0n) is 24.1. The maximum absolute atomic E-state index is 12.4. The third-order valence-electron chi connectivity index (χ3n) is 6.98. The number of hydrogen-bond donors (Lipinski definition) is 2. The molecule has 0 saturated heterocycles. The van der Waals surface area contributed by atoms with Crippen molar-refractivity contribution in [2.45, 2.75) is 174 Å². The van der Waals surface area contributed by atoms with Crippen molar-refractivity contribution in [1.29, 1.82) is 0 Å². The number of aliphatic hydroxyl groups excluding tert-OH is 1. The number of rotatable bonds is 28. The molecule has 1 atom stereocenters. The standard InChI is InChI=1S/C31H61NO4/c1-3-5-7-9-11-13-14-16-18-20-22-25-31(35)36-29(28-30(34)32-26-23-27-33)24-21-19-17-15-12-10-8-6-4-2/h29,33H,3-28H2,1-2H3,(H,32,34)/t29-/m1/s1. The Morgan fingerprint density at radius 3 is 1.56 bits per heavy atom. The molecule has 1 amide bonds. The van der Waals surface area contributed by atoms with Crippen LogP contribution in [0.1, 0.15) is 168 Å². The van der Waals surface area contributed by atoms with E-state index in [1.165, 1.54) is 103 Å². The summed E-state index contributed by atoms with van der Waals surface area (Å²) in [6, 6.07) is 0. The third-order valence-corrected chi connectivity index (χ3v) is 6.98. The summed E-state index contributed by atoms with van der Waals surface area (Å²) in [7, 11) is 0. The molecule has 5 heteroatoms. The number of unbranched alkanes of at least 4 members (excludes halogenated alkanes) is 18. The summed E-state index contributed by atoms with van der Waals surface area (Å²) in [6.45, 7) is 5.03. The molecular formula is C31H61NO4. The fourth-order valence-corrected chi connectivity index (χ4v) is 4.65. The number of amides is 1. The van der Waals surface area contributed by atoms with Crippen LogP contribution in [0.25, 0.3) is 0 Å². The van der Waals surface area contributed by atoms with Crippen molar-refractivity contribution in [3.05, 3.63) is 0 Å². The fourth-order valence-electron chi connectivity index (χ4n) is 4.65. The van der Waals surface area contributed by atoms with Gasteiger partial charge < -0.3 is 15.2 Å². The first kappa shape index (κ1) is 34.9. The zero-order chi connectivity index (χ0) is 26.5. The van der Waals surface area contributed by atoms with Crippen LogP contribution >= 0.6 is 0 Å². The Labute approximate surface area is 223 Å². The first-order valence-corrected chi connectivity index (χ1v) is 15.7. The first-order chi connectivity index (χ1) is 17.6. The molecule has 0 aliphatic carbocycles. The van der Waals surface area contributed by atoms with Gasteiger partial charge in [0, 0.05) is 19.6 Å². The predicted molar refractivity (Wildman–Crippen MR) is 152 cm³/mol. The van der Waals surface area contributed by atoms with Crippen LogP contribution in [-0.4, -0.2) is 36.2 Å². The number of ether oxygens (including phenoxy) is 1. The summed E-state index contributed by atoms with van der Waals surface area (Å²) in [5.74, 6) is -0.248. The number of esters is 1. The van der Waals surface area contributed by atoms with Crippen LogP contribution in [0.5, 0.6) is 0 Å². The van der Waals surface area contributed by atoms with Gasteiger partial charge in [0.15, 0.2) is 0 Å². The van der Waals surface area contributed by atoms with E-state index in [4.69, 9.17) is 9.84 Å². The number of carbonyl (C=O) groups excluding carboxylic acids is 2. The molecule has 0 rings (SSSR count). The van der Waals surface area contributed by atoms with Gasteiger partial charge in [-0.2, -0.15) is 0 Å². The molecule has 36 heavy (non-hydrogen) atoms. The summed E-state index contributed by atoms with van der Waals surface area (Å²) in [4.78, 5) is 24.7. The van der Waals surface area contributed by atoms with E-state index in [0.717, 1.165) is 32.1 Å². The first-order valence-electron chi connectivity index (χ1n) is 15.7. The van der Waals surface area contributed by atoms with E-state index in [9.17, 15) is 9.59 Å². The van der Waals surface area contributed by atoms with Gasteiger partial charge in [-0.1, -0.05) is 129 Å². The smallest absolute Gasteiger partial charge is 0.306 e. The number of hydrogen-bond acceptors (Lipinski definition) is 4. The Balaban J connectivity index is 4.05. The highest BCUT2D eigenvalue weighted by molar-refractivity contribution is 5.77. The minimum absolute atomic E-state index is 0.0656. The molecule has 0 radical (unpaired) electrons. The van der Waals surface area contributed by atoms with Gasteiger partial charge in [0.1, 0.15) is 6.10 Å². The van der Waals surface area contributed by atoms with Crippen molar-refractivity contribution in [2.24, 2.45) is 0 Å². The number of carbonyl (C=O) groups is 2. The van der Waals surface area contributed by atoms with Crippen LogP contribution in [0.15, 0.2) is 0 Å². The Morgan fingerprint density at radius 2 is 1.08 bits per heavy atom. The lowest BCUT2D eigenvalue weighted by atomic mass is 10.0. The molecule has 214 valence electrons. The minimum atomic E-state index is -0.330. The van der Waals surface area contributed by atoms with Crippen LogP contribution in [-0.2, 0) is 14.3 Å². The molecule has 0 spiro atoms. The van der Waals surface area contributed by atoms with Crippen LogP contribution in [0, 0.1) is 0 Å². The average molecular weight is 512 g/mol. The number of aliphatic hydroxyl groups is 1. The van der Waals surface area contributed by atoms with E-state index in [0.29, 0.717) is 19.4 Å². The second-order valence-corrected chi connectivity index (χ2v) is 10.6. The lowest BCUT2D eigenvalue weighted by Crippen LogP contribution is -2.31. The highest BCUT2D eigenvalue weighted by Gasteiger charge is 2.18. The topological polar surface area (TPSA) is 75.6 Å². The quantitative estimate of drug-likeness (QED) is 0.0816. The van der Waals surface area contributed by atoms with E-state index >= 15 is 0 Å². The average Bonchev–Trinajstić information content (AvgIpc) is 2.86. The molecule has 0 aromatic carbocycles. The molecule has 0 aromatic heterocycles. The van der Waals surface area contributed by atoms with E-state index in [2.05, 4.69) is 19.2 Å². The summed E-state index contributed by atoms with van der Waals surface area (Å²) in [5.41, 5.74) is 0. The van der Waals surface area contributed by atoms with E-state index < -0.39 is 0 Å². The van der Waals surface area contributed by atoms with Crippen LogP contribution in [0.2, 0.25) is 0 Å². The summed E-state index contributed by atoms with van der Waals surface area (Å²) in [6.07, 6.45) is 26.7. The van der Waals surface area contributed by atoms with Crippen molar-refractivity contribution in [3.8, 4) is 0 Å². The highest BCUT2D eigenvalue weighted by Crippen LogP contribution is 2.16. The second-order valence-electron chi connectivity index (χ2n) is 10.6. The van der Waals surface area contributed by atoms with Gasteiger partial charge in [0.25, 0.3) is 0 Å². The van der Waals surface area contributed by atoms with Crippen LogP contribution in [0.4, 0.5) is 0 Å². The maximum atomic E-state index is 12.4. The van der Waals surface area contributed by atoms with Gasteiger partial charge in [-0.15, -0.1) is 0 Å². The highest BCUT2D eigenvalue weighted by atomic mass is 16.5. The largest absolute Gasteiger partial charge is 0.462 e. The molecule has 0 saturated carbocycles. The molecule has 0 unspecified atom stereocenters.